The van der Waals surface area contributed by atoms with Crippen molar-refractivity contribution < 1.29 is 28.8 Å². The molecule has 0 spiro atoms. The van der Waals surface area contributed by atoms with Crippen LogP contribution >= 0.6 is 0 Å². The molecule has 0 aliphatic rings. The van der Waals surface area contributed by atoms with Crippen LogP contribution in [-0.2, 0) is 54.5 Å². The summed E-state index contributed by atoms with van der Waals surface area (Å²) >= 11 is 0. The van der Waals surface area contributed by atoms with Crippen molar-refractivity contribution in [3.63, 3.8) is 0 Å². The number of benzene rings is 3. The minimum absolute atomic E-state index is 0.00827. The molecule has 0 aliphatic heterocycles. The summed E-state index contributed by atoms with van der Waals surface area (Å²) in [5.74, 6) is -3.87. The van der Waals surface area contributed by atoms with Crippen molar-refractivity contribution in [3.8, 4) is 0 Å². The first-order valence-corrected chi connectivity index (χ1v) is 22.3. The number of hydrogen-bond acceptors (Lipinski definition) is 8. The molecule has 6 atom stereocenters. The van der Waals surface area contributed by atoms with Crippen LogP contribution in [0.4, 0.5) is 0 Å². The minimum Gasteiger partial charge on any atom is -0.368 e. The predicted octanol–water partition coefficient (Wildman–Crippen LogP) is 2.97. The van der Waals surface area contributed by atoms with E-state index in [-0.39, 0.29) is 43.9 Å². The number of nitrogens with one attached hydrogen (secondary N) is 8. The Morgan fingerprint density at radius 2 is 0.970 bits per heavy atom. The summed E-state index contributed by atoms with van der Waals surface area (Å²) in [5.41, 5.74) is 16.5. The van der Waals surface area contributed by atoms with Gasteiger partial charge in [0, 0.05) is 71.8 Å². The maximum absolute atomic E-state index is 14.8. The van der Waals surface area contributed by atoms with Crippen molar-refractivity contribution in [1.82, 2.24) is 46.5 Å². The van der Waals surface area contributed by atoms with Gasteiger partial charge in [0.1, 0.15) is 30.2 Å². The number of nitrogens with zero attached hydrogens (tertiary/aromatic N) is 1. The van der Waals surface area contributed by atoms with Gasteiger partial charge in [-0.1, -0.05) is 94.4 Å². The molecule has 0 bridgehead atoms. The molecule has 66 heavy (non-hydrogen) atoms. The first-order chi connectivity index (χ1) is 31.6. The van der Waals surface area contributed by atoms with Gasteiger partial charge in [0.15, 0.2) is 0 Å². The number of carbonyl (C=O) groups is 6. The second-order valence-corrected chi connectivity index (χ2v) is 17.7. The van der Waals surface area contributed by atoms with Gasteiger partial charge in [0.2, 0.25) is 35.4 Å². The third kappa shape index (κ3) is 13.2. The number of para-hydroxylation sites is 2. The summed E-state index contributed by atoms with van der Waals surface area (Å²) in [7, 11) is 0. The molecule has 0 fully saturated rings. The van der Waals surface area contributed by atoms with Gasteiger partial charge in [0.25, 0.3) is 0 Å². The standard InChI is InChI=1S/C49H61N11O6/c1-28(2)18-39(44(51)61)56-46(63)40(19-29(3)4)58-49(66)43(22-32-25-54-38-17-11-9-15-35(32)38)60-47(64)41(20-30-12-6-5-7-13-30)59-48(65)42(21-31-24-53-37-16-10-8-14-34(31)37)57-45(62)36(50)23-33-26-52-27-55-33/h5-17,24-29,36,39-43,53-54H,18-23,50H2,1-4H3,(H2,51,61)(H,52,55)(H,56,63)(H,57,62)(H,58,66)(H,59,65)(H,60,64)/t36-,39-,40-,41-,42+,43+/m0/s1. The molecule has 0 unspecified atom stereocenters. The SMILES string of the molecule is CC(C)C[C@H](NC(=O)[C@H](CC(C)C)NC(=O)[C@@H](Cc1c[nH]c2ccccc12)NC(=O)[C@H](Cc1ccccc1)NC(=O)[C@@H](Cc1c[nH]c2ccccc12)NC(=O)[C@@H](N)Cc1cnc[nH]1)C(N)=O. The number of imidazole rings is 1. The van der Waals surface area contributed by atoms with Gasteiger partial charge in [-0.15, -0.1) is 0 Å². The van der Waals surface area contributed by atoms with Gasteiger partial charge in [0.05, 0.1) is 12.4 Å². The number of aromatic nitrogens is 4. The Morgan fingerprint density at radius 1 is 0.530 bits per heavy atom. The van der Waals surface area contributed by atoms with E-state index in [1.54, 1.807) is 18.6 Å². The fraction of sp³-hybridized carbons (Fsp3) is 0.367. The molecule has 0 radical (unpaired) electrons. The van der Waals surface area contributed by atoms with E-state index in [2.05, 4.69) is 46.5 Å². The molecule has 0 aliphatic carbocycles. The molecule has 0 saturated heterocycles. The predicted molar refractivity (Wildman–Crippen MR) is 252 cm³/mol. The second-order valence-electron chi connectivity index (χ2n) is 17.7. The number of amides is 6. The third-order valence-corrected chi connectivity index (χ3v) is 11.4. The lowest BCUT2D eigenvalue weighted by molar-refractivity contribution is -0.135. The van der Waals surface area contributed by atoms with Gasteiger partial charge >= 0.3 is 0 Å². The first kappa shape index (κ1) is 48.2. The summed E-state index contributed by atoms with van der Waals surface area (Å²) in [6.07, 6.45) is 7.33. The fourth-order valence-electron chi connectivity index (χ4n) is 8.03. The molecule has 3 heterocycles. The molecule has 3 aromatic carbocycles. The van der Waals surface area contributed by atoms with Crippen LogP contribution in [-0.4, -0.2) is 91.6 Å². The summed E-state index contributed by atoms with van der Waals surface area (Å²) in [6.45, 7) is 7.60. The average Bonchev–Trinajstić information content (AvgIpc) is 4.06. The van der Waals surface area contributed by atoms with Gasteiger partial charge in [-0.05, 0) is 53.5 Å². The minimum atomic E-state index is -1.25. The molecule has 12 N–H and O–H groups in total. The van der Waals surface area contributed by atoms with E-state index in [9.17, 15) is 28.8 Å². The largest absolute Gasteiger partial charge is 0.368 e. The Balaban J connectivity index is 1.30. The number of nitrogens with two attached hydrogens (primary N) is 2. The molecular weight excluding hydrogens is 839 g/mol. The van der Waals surface area contributed by atoms with Crippen molar-refractivity contribution in [1.29, 1.82) is 0 Å². The topological polar surface area (TPSA) is 275 Å². The van der Waals surface area contributed by atoms with Gasteiger partial charge < -0.3 is 53.0 Å². The molecule has 17 heteroatoms. The van der Waals surface area contributed by atoms with Crippen molar-refractivity contribution in [2.24, 2.45) is 23.3 Å². The second kappa shape index (κ2) is 22.6. The lowest BCUT2D eigenvalue weighted by Crippen LogP contribution is -2.60. The third-order valence-electron chi connectivity index (χ3n) is 11.4. The van der Waals surface area contributed by atoms with E-state index in [1.807, 2.05) is 107 Å². The van der Waals surface area contributed by atoms with E-state index in [4.69, 9.17) is 11.5 Å². The number of fused-ring (bicyclic) bond motifs is 2. The Morgan fingerprint density at radius 3 is 1.47 bits per heavy atom. The molecule has 6 aromatic rings. The molecule has 6 rings (SSSR count). The summed E-state index contributed by atoms with van der Waals surface area (Å²) in [6, 6.07) is 17.4. The number of primary amides is 1. The Labute approximate surface area is 383 Å². The van der Waals surface area contributed by atoms with Crippen LogP contribution in [0.3, 0.4) is 0 Å². The Hall–Kier alpha value is -7.27. The molecule has 3 aromatic heterocycles. The van der Waals surface area contributed by atoms with Crippen molar-refractivity contribution >= 4 is 57.2 Å². The summed E-state index contributed by atoms with van der Waals surface area (Å²) < 4.78 is 0. The summed E-state index contributed by atoms with van der Waals surface area (Å²) in [4.78, 5) is 97.1. The lowest BCUT2D eigenvalue weighted by Gasteiger charge is -2.28. The molecular formula is C49H61N11O6. The first-order valence-electron chi connectivity index (χ1n) is 22.3. The quantitative estimate of drug-likeness (QED) is 0.0456. The fourth-order valence-corrected chi connectivity index (χ4v) is 8.03. The smallest absolute Gasteiger partial charge is 0.243 e. The number of carbonyl (C=O) groups excluding carboxylic acids is 6. The van der Waals surface area contributed by atoms with E-state index in [0.29, 0.717) is 17.7 Å². The summed E-state index contributed by atoms with van der Waals surface area (Å²) in [5, 5.41) is 15.9. The molecule has 348 valence electrons. The normalized spacial score (nSPS) is 14.2. The zero-order valence-electron chi connectivity index (χ0n) is 37.7. The molecule has 0 saturated carbocycles. The van der Waals surface area contributed by atoms with E-state index in [0.717, 1.165) is 32.9 Å². The molecule has 17 nitrogen and oxygen atoms in total. The highest BCUT2D eigenvalue weighted by Gasteiger charge is 2.34. The van der Waals surface area contributed by atoms with Crippen LogP contribution in [0.5, 0.6) is 0 Å². The number of aromatic amines is 3. The lowest BCUT2D eigenvalue weighted by atomic mass is 9.98. The van der Waals surface area contributed by atoms with Gasteiger partial charge in [-0.3, -0.25) is 28.8 Å². The van der Waals surface area contributed by atoms with Crippen LogP contribution in [0.25, 0.3) is 21.8 Å². The van der Waals surface area contributed by atoms with E-state index in [1.165, 1.54) is 6.33 Å². The number of rotatable bonds is 23. The van der Waals surface area contributed by atoms with Crippen molar-refractivity contribution in [3.05, 3.63) is 126 Å². The highest BCUT2D eigenvalue weighted by Crippen LogP contribution is 2.21. The number of hydrogen-bond donors (Lipinski definition) is 10. The molecule has 6 amide bonds. The zero-order valence-corrected chi connectivity index (χ0v) is 37.7. The van der Waals surface area contributed by atoms with Gasteiger partial charge in [-0.25, -0.2) is 4.98 Å². The van der Waals surface area contributed by atoms with E-state index < -0.39 is 71.7 Å². The average molecular weight is 900 g/mol. The maximum atomic E-state index is 14.8. The Kier molecular flexibility index (Phi) is 16.5. The van der Waals surface area contributed by atoms with Crippen LogP contribution in [0.1, 0.15) is 62.9 Å². The zero-order chi connectivity index (χ0) is 47.3. The van der Waals surface area contributed by atoms with Crippen LogP contribution in [0.15, 0.2) is 104 Å². The Bertz CT molecular complexity index is 2590. The van der Waals surface area contributed by atoms with E-state index >= 15 is 0 Å². The monoisotopic (exact) mass is 899 g/mol. The van der Waals surface area contributed by atoms with Crippen LogP contribution in [0, 0.1) is 11.8 Å². The van der Waals surface area contributed by atoms with Crippen LogP contribution < -0.4 is 38.1 Å². The highest BCUT2D eigenvalue weighted by atomic mass is 16.2. The van der Waals surface area contributed by atoms with Crippen molar-refractivity contribution in [2.75, 3.05) is 0 Å². The van der Waals surface area contributed by atoms with Crippen LogP contribution in [0.2, 0.25) is 0 Å². The maximum Gasteiger partial charge on any atom is 0.243 e. The van der Waals surface area contributed by atoms with Gasteiger partial charge in [-0.2, -0.15) is 0 Å². The number of H-pyrrole nitrogens is 3. The van der Waals surface area contributed by atoms with Crippen molar-refractivity contribution in [2.45, 2.75) is 102 Å². The highest BCUT2D eigenvalue weighted by molar-refractivity contribution is 5.97.